The van der Waals surface area contributed by atoms with Gasteiger partial charge in [0.05, 0.1) is 18.6 Å². The van der Waals surface area contributed by atoms with Crippen molar-refractivity contribution >= 4 is 17.5 Å². The Labute approximate surface area is 199 Å². The van der Waals surface area contributed by atoms with Gasteiger partial charge in [-0.2, -0.15) is 4.98 Å². The molecule has 0 radical (unpaired) electrons. The summed E-state index contributed by atoms with van der Waals surface area (Å²) in [5.41, 5.74) is 1.84. The number of halogens is 1. The lowest BCUT2D eigenvalue weighted by Gasteiger charge is -2.30. The molecule has 3 aromatic rings. The maximum Gasteiger partial charge on any atom is 0.241 e. The number of nitrogens with one attached hydrogen (secondary N) is 1. The second-order valence-electron chi connectivity index (χ2n) is 8.63. The molecule has 7 nitrogen and oxygen atoms in total. The Morgan fingerprint density at radius 2 is 2.12 bits per heavy atom. The first-order valence-corrected chi connectivity index (χ1v) is 11.7. The third-order valence-electron chi connectivity index (χ3n) is 5.52. The predicted octanol–water partition coefficient (Wildman–Crippen LogP) is 4.71. The number of carbonyl (C=O) groups excluding carboxylic acids is 1. The molecule has 2 heterocycles. The molecule has 2 aromatic carbocycles. The van der Waals surface area contributed by atoms with Crippen LogP contribution in [0.2, 0.25) is 5.02 Å². The number of piperidine rings is 1. The van der Waals surface area contributed by atoms with Crippen molar-refractivity contribution in [1.82, 2.24) is 20.4 Å². The van der Waals surface area contributed by atoms with Crippen molar-refractivity contribution in [3.8, 4) is 17.1 Å². The number of hydrogen-bond donors (Lipinski definition) is 1. The minimum atomic E-state index is -0.0656. The predicted molar refractivity (Wildman–Crippen MR) is 127 cm³/mol. The summed E-state index contributed by atoms with van der Waals surface area (Å²) in [5, 5.41) is 7.78. The Morgan fingerprint density at radius 1 is 1.27 bits per heavy atom. The molecule has 0 spiro atoms. The largest absolute Gasteiger partial charge is 0.491 e. The maximum atomic E-state index is 12.8. The Kier molecular flexibility index (Phi) is 7.62. The average Bonchev–Trinajstić information content (AvgIpc) is 3.26. The second kappa shape index (κ2) is 10.8. The molecule has 1 aliphatic heterocycles. The van der Waals surface area contributed by atoms with E-state index in [1.54, 1.807) is 6.07 Å². The Morgan fingerprint density at radius 3 is 2.94 bits per heavy atom. The van der Waals surface area contributed by atoms with Crippen LogP contribution in [0.3, 0.4) is 0 Å². The summed E-state index contributed by atoms with van der Waals surface area (Å²) in [4.78, 5) is 19.5. The molecule has 1 atom stereocenters. The summed E-state index contributed by atoms with van der Waals surface area (Å²) >= 11 is 6.06. The van der Waals surface area contributed by atoms with Crippen LogP contribution in [-0.4, -0.2) is 40.1 Å². The monoisotopic (exact) mass is 468 g/mol. The highest BCUT2D eigenvalue weighted by molar-refractivity contribution is 6.30. The molecule has 0 saturated carbocycles. The summed E-state index contributed by atoms with van der Waals surface area (Å²) < 4.78 is 11.2. The Hall–Kier alpha value is -2.90. The normalized spacial score (nSPS) is 16.7. The quantitative estimate of drug-likeness (QED) is 0.516. The smallest absolute Gasteiger partial charge is 0.241 e. The summed E-state index contributed by atoms with van der Waals surface area (Å²) in [5.74, 6) is 1.87. The van der Waals surface area contributed by atoms with Crippen molar-refractivity contribution in [3.63, 3.8) is 0 Å². The highest BCUT2D eigenvalue weighted by atomic mass is 35.5. The lowest BCUT2D eigenvalue weighted by atomic mass is 9.97. The average molecular weight is 469 g/mol. The third-order valence-corrected chi connectivity index (χ3v) is 5.76. The number of ether oxygens (including phenoxy) is 1. The van der Waals surface area contributed by atoms with Crippen LogP contribution in [0.15, 0.2) is 53.1 Å². The first-order chi connectivity index (χ1) is 16.0. The molecule has 1 N–H and O–H groups in total. The zero-order valence-corrected chi connectivity index (χ0v) is 19.7. The fraction of sp³-hybridized carbons (Fsp3) is 0.400. The van der Waals surface area contributed by atoms with Crippen LogP contribution in [0.1, 0.15) is 38.1 Å². The summed E-state index contributed by atoms with van der Waals surface area (Å²) in [6.45, 7) is 6.55. The molecule has 0 bridgehead atoms. The minimum absolute atomic E-state index is 0.0656. The van der Waals surface area contributed by atoms with E-state index in [0.717, 1.165) is 36.3 Å². The number of aromatic nitrogens is 2. The molecule has 4 rings (SSSR count). The van der Waals surface area contributed by atoms with E-state index >= 15 is 0 Å². The molecule has 1 amide bonds. The van der Waals surface area contributed by atoms with E-state index in [1.165, 1.54) is 0 Å². The number of nitrogens with zero attached hydrogens (tertiary/aromatic N) is 3. The van der Waals surface area contributed by atoms with Crippen LogP contribution in [0.4, 0.5) is 0 Å². The lowest BCUT2D eigenvalue weighted by molar-refractivity contribution is -0.127. The van der Waals surface area contributed by atoms with Crippen molar-refractivity contribution < 1.29 is 14.1 Å². The summed E-state index contributed by atoms with van der Waals surface area (Å²) in [6, 6.07) is 15.2. The molecule has 1 aliphatic rings. The van der Waals surface area contributed by atoms with Gasteiger partial charge >= 0.3 is 0 Å². The highest BCUT2D eigenvalue weighted by Gasteiger charge is 2.27. The van der Waals surface area contributed by atoms with Gasteiger partial charge in [-0.15, -0.1) is 0 Å². The molecule has 1 fully saturated rings. The Bertz CT molecular complexity index is 1080. The SMILES string of the molecule is CC(C)Oc1cccc(CNC(=O)C2CCCN(Cc3nc(-c4cccc(Cl)c4)no3)C2)c1. The van der Waals surface area contributed by atoms with Gasteiger partial charge in [0.25, 0.3) is 0 Å². The first kappa shape index (κ1) is 23.3. The first-order valence-electron chi connectivity index (χ1n) is 11.3. The number of amides is 1. The van der Waals surface area contributed by atoms with Gasteiger partial charge in [0.2, 0.25) is 17.6 Å². The molecule has 33 heavy (non-hydrogen) atoms. The zero-order chi connectivity index (χ0) is 23.2. The molecule has 0 aliphatic carbocycles. The topological polar surface area (TPSA) is 80.5 Å². The summed E-state index contributed by atoms with van der Waals surface area (Å²) in [7, 11) is 0. The molecule has 8 heteroatoms. The number of carbonyl (C=O) groups is 1. The fourth-order valence-corrected chi connectivity index (χ4v) is 4.19. The fourth-order valence-electron chi connectivity index (χ4n) is 4.00. The van der Waals surface area contributed by atoms with Crippen molar-refractivity contribution in [2.24, 2.45) is 5.92 Å². The van der Waals surface area contributed by atoms with E-state index < -0.39 is 0 Å². The Balaban J connectivity index is 1.30. The highest BCUT2D eigenvalue weighted by Crippen LogP contribution is 2.22. The van der Waals surface area contributed by atoms with E-state index in [9.17, 15) is 4.79 Å². The van der Waals surface area contributed by atoms with E-state index in [0.29, 0.717) is 36.4 Å². The van der Waals surface area contributed by atoms with Crippen molar-refractivity contribution in [3.05, 3.63) is 65.0 Å². The van der Waals surface area contributed by atoms with Crippen molar-refractivity contribution in [2.75, 3.05) is 13.1 Å². The van der Waals surface area contributed by atoms with Crippen LogP contribution in [0, 0.1) is 5.92 Å². The number of likely N-dealkylation sites (tertiary alicyclic amines) is 1. The zero-order valence-electron chi connectivity index (χ0n) is 19.0. The standard InChI is InChI=1S/C25H29ClN4O3/c1-17(2)32-22-10-3-6-18(12-22)14-27-25(31)20-8-5-11-30(15-20)16-23-28-24(29-33-23)19-7-4-9-21(26)13-19/h3-4,6-7,9-10,12-13,17,20H,5,8,11,14-16H2,1-2H3,(H,27,31). The van der Waals surface area contributed by atoms with Gasteiger partial charge in [-0.25, -0.2) is 0 Å². The van der Waals surface area contributed by atoms with E-state index in [2.05, 4.69) is 20.4 Å². The van der Waals surface area contributed by atoms with Crippen molar-refractivity contribution in [2.45, 2.75) is 45.9 Å². The van der Waals surface area contributed by atoms with Crippen LogP contribution < -0.4 is 10.1 Å². The van der Waals surface area contributed by atoms with Gasteiger partial charge in [-0.05, 0) is 63.1 Å². The number of benzene rings is 2. The van der Waals surface area contributed by atoms with Crippen LogP contribution in [0.5, 0.6) is 5.75 Å². The van der Waals surface area contributed by atoms with Gasteiger partial charge in [0, 0.05) is 23.7 Å². The third kappa shape index (κ3) is 6.55. The van der Waals surface area contributed by atoms with E-state index in [-0.39, 0.29) is 17.9 Å². The van der Waals surface area contributed by atoms with Gasteiger partial charge < -0.3 is 14.6 Å². The molecule has 1 saturated heterocycles. The minimum Gasteiger partial charge on any atom is -0.491 e. The van der Waals surface area contributed by atoms with Crippen LogP contribution >= 0.6 is 11.6 Å². The van der Waals surface area contributed by atoms with Crippen molar-refractivity contribution in [1.29, 1.82) is 0 Å². The van der Waals surface area contributed by atoms with Gasteiger partial charge in [-0.1, -0.05) is 41.0 Å². The molecule has 1 aromatic heterocycles. The molecular formula is C25H29ClN4O3. The molecular weight excluding hydrogens is 440 g/mol. The maximum absolute atomic E-state index is 12.8. The number of rotatable bonds is 8. The van der Waals surface area contributed by atoms with Crippen LogP contribution in [0.25, 0.3) is 11.4 Å². The van der Waals surface area contributed by atoms with Gasteiger partial charge in [-0.3, -0.25) is 9.69 Å². The van der Waals surface area contributed by atoms with E-state index in [4.69, 9.17) is 20.9 Å². The lowest BCUT2D eigenvalue weighted by Crippen LogP contribution is -2.42. The second-order valence-corrected chi connectivity index (χ2v) is 9.06. The van der Waals surface area contributed by atoms with Crippen LogP contribution in [-0.2, 0) is 17.9 Å². The molecule has 174 valence electrons. The summed E-state index contributed by atoms with van der Waals surface area (Å²) in [6.07, 6.45) is 1.94. The van der Waals surface area contributed by atoms with Gasteiger partial charge in [0.1, 0.15) is 5.75 Å². The number of hydrogen-bond acceptors (Lipinski definition) is 6. The van der Waals surface area contributed by atoms with E-state index in [1.807, 2.05) is 56.3 Å². The molecule has 1 unspecified atom stereocenters. The van der Waals surface area contributed by atoms with Gasteiger partial charge in [0.15, 0.2) is 0 Å².